The monoisotopic (exact) mass is 466 g/mol. The summed E-state index contributed by atoms with van der Waals surface area (Å²) in [6.45, 7) is 5.19. The molecule has 1 aliphatic rings. The molecule has 0 spiro atoms. The highest BCUT2D eigenvalue weighted by Gasteiger charge is 2.36. The molecule has 12 heteroatoms. The molecule has 1 aromatic carbocycles. The number of aldehydes is 1. The molecule has 3 rings (SSSR count). The predicted octanol–water partition coefficient (Wildman–Crippen LogP) is 3.81. The Kier molecular flexibility index (Phi) is 6.33. The molecule has 2 amide bonds. The Balaban J connectivity index is 2.15. The highest BCUT2D eigenvalue weighted by molar-refractivity contribution is 6.42. The highest BCUT2D eigenvalue weighted by atomic mass is 35.5. The van der Waals surface area contributed by atoms with Crippen molar-refractivity contribution in [1.29, 1.82) is 0 Å². The molecule has 0 saturated heterocycles. The van der Waals surface area contributed by atoms with Crippen molar-refractivity contribution >= 4 is 41.5 Å². The minimum absolute atomic E-state index is 0.0277. The van der Waals surface area contributed by atoms with Gasteiger partial charge in [0.1, 0.15) is 23.6 Å². The van der Waals surface area contributed by atoms with Gasteiger partial charge in [-0.2, -0.15) is 5.10 Å². The van der Waals surface area contributed by atoms with Crippen LogP contribution in [0.15, 0.2) is 28.5 Å². The summed E-state index contributed by atoms with van der Waals surface area (Å²) in [5, 5.41) is 11.5. The van der Waals surface area contributed by atoms with Crippen molar-refractivity contribution < 1.29 is 19.1 Å². The van der Waals surface area contributed by atoms with E-state index in [4.69, 9.17) is 33.8 Å². The summed E-state index contributed by atoms with van der Waals surface area (Å²) in [5.41, 5.74) is 0.299. The zero-order chi connectivity index (χ0) is 22.9. The van der Waals surface area contributed by atoms with E-state index in [2.05, 4.69) is 15.4 Å². The van der Waals surface area contributed by atoms with Crippen LogP contribution >= 0.6 is 23.2 Å². The Morgan fingerprint density at radius 1 is 1.29 bits per heavy atom. The SMILES string of the molecule is CC(C)(C)OC(=O)N1Cc2c(C(=O)N=NN)c(-c3ccc(Cl)c(Cl)c3)nn2C(C=O)C1. The summed E-state index contributed by atoms with van der Waals surface area (Å²) in [6, 6.07) is 3.88. The summed E-state index contributed by atoms with van der Waals surface area (Å²) >= 11 is 12.1. The van der Waals surface area contributed by atoms with Gasteiger partial charge >= 0.3 is 12.0 Å². The number of aromatic nitrogens is 2. The number of nitrogens with zero attached hydrogens (tertiary/aromatic N) is 5. The van der Waals surface area contributed by atoms with Gasteiger partial charge < -0.3 is 15.4 Å². The summed E-state index contributed by atoms with van der Waals surface area (Å²) in [7, 11) is 0. The maximum atomic E-state index is 12.7. The molecule has 0 fully saturated rings. The Hall–Kier alpha value is -2.98. The third-order valence-corrected chi connectivity index (χ3v) is 5.18. The lowest BCUT2D eigenvalue weighted by Gasteiger charge is -2.33. The summed E-state index contributed by atoms with van der Waals surface area (Å²) in [4.78, 5) is 38.5. The molecule has 1 unspecified atom stereocenters. The number of fused-ring (bicyclic) bond motifs is 1. The number of hydrogen-bond acceptors (Lipinski definition) is 6. The summed E-state index contributed by atoms with van der Waals surface area (Å²) in [6.07, 6.45) is 0.0198. The molecular weight excluding hydrogens is 447 g/mol. The summed E-state index contributed by atoms with van der Waals surface area (Å²) in [5.74, 6) is 4.30. The first-order chi connectivity index (χ1) is 14.6. The van der Waals surface area contributed by atoms with E-state index >= 15 is 0 Å². The van der Waals surface area contributed by atoms with Crippen molar-refractivity contribution in [3.8, 4) is 11.3 Å². The fourth-order valence-corrected chi connectivity index (χ4v) is 3.48. The van der Waals surface area contributed by atoms with Gasteiger partial charge in [-0.05, 0) is 32.9 Å². The number of hydrogen-bond donors (Lipinski definition) is 1. The van der Waals surface area contributed by atoms with Crippen LogP contribution in [-0.2, 0) is 16.1 Å². The Bertz CT molecular complexity index is 1080. The quantitative estimate of drug-likeness (QED) is 0.316. The van der Waals surface area contributed by atoms with E-state index in [0.717, 1.165) is 0 Å². The minimum atomic E-state index is -0.839. The van der Waals surface area contributed by atoms with Crippen LogP contribution < -0.4 is 5.84 Å². The second kappa shape index (κ2) is 8.64. The molecule has 0 bridgehead atoms. The van der Waals surface area contributed by atoms with E-state index in [0.29, 0.717) is 22.6 Å². The lowest BCUT2D eigenvalue weighted by atomic mass is 10.0. The van der Waals surface area contributed by atoms with Crippen LogP contribution in [0.25, 0.3) is 11.3 Å². The maximum absolute atomic E-state index is 12.7. The molecule has 1 aromatic heterocycles. The number of halogens is 2. The smallest absolute Gasteiger partial charge is 0.410 e. The van der Waals surface area contributed by atoms with Crippen molar-refractivity contribution in [2.24, 2.45) is 16.2 Å². The van der Waals surface area contributed by atoms with Gasteiger partial charge in [0.05, 0.1) is 34.4 Å². The molecule has 0 aliphatic carbocycles. The molecule has 31 heavy (non-hydrogen) atoms. The van der Waals surface area contributed by atoms with Gasteiger partial charge in [-0.1, -0.05) is 39.6 Å². The predicted molar refractivity (Wildman–Crippen MR) is 113 cm³/mol. The molecule has 0 saturated carbocycles. The second-order valence-electron chi connectivity index (χ2n) is 7.83. The molecule has 10 nitrogen and oxygen atoms in total. The van der Waals surface area contributed by atoms with E-state index in [1.165, 1.54) is 15.6 Å². The van der Waals surface area contributed by atoms with Gasteiger partial charge in [0, 0.05) is 5.56 Å². The zero-order valence-electron chi connectivity index (χ0n) is 17.0. The first-order valence-corrected chi connectivity index (χ1v) is 9.96. The van der Waals surface area contributed by atoms with E-state index in [1.807, 2.05) is 0 Å². The van der Waals surface area contributed by atoms with Crippen LogP contribution in [0.3, 0.4) is 0 Å². The van der Waals surface area contributed by atoms with E-state index in [1.54, 1.807) is 32.9 Å². The van der Waals surface area contributed by atoms with Gasteiger partial charge in [-0.15, -0.1) is 0 Å². The van der Waals surface area contributed by atoms with E-state index in [9.17, 15) is 14.4 Å². The first kappa shape index (κ1) is 22.7. The number of nitrogens with two attached hydrogens (primary N) is 1. The largest absolute Gasteiger partial charge is 0.444 e. The first-order valence-electron chi connectivity index (χ1n) is 9.21. The molecule has 2 heterocycles. The number of rotatable bonds is 3. The fourth-order valence-electron chi connectivity index (χ4n) is 3.18. The van der Waals surface area contributed by atoms with Crippen molar-refractivity contribution in [2.75, 3.05) is 6.54 Å². The van der Waals surface area contributed by atoms with Crippen LogP contribution in [0.4, 0.5) is 4.79 Å². The van der Waals surface area contributed by atoms with Crippen molar-refractivity contribution in [1.82, 2.24) is 14.7 Å². The molecule has 1 aliphatic heterocycles. The van der Waals surface area contributed by atoms with Crippen LogP contribution in [0.5, 0.6) is 0 Å². The summed E-state index contributed by atoms with van der Waals surface area (Å²) < 4.78 is 6.81. The Morgan fingerprint density at radius 3 is 2.58 bits per heavy atom. The van der Waals surface area contributed by atoms with Gasteiger partial charge in [-0.25, -0.2) is 4.79 Å². The zero-order valence-corrected chi connectivity index (χ0v) is 18.5. The van der Waals surface area contributed by atoms with Crippen LogP contribution in [-0.4, -0.2) is 45.1 Å². The number of ether oxygens (including phenoxy) is 1. The molecule has 0 radical (unpaired) electrons. The third kappa shape index (κ3) is 4.70. The fraction of sp³-hybridized carbons (Fsp3) is 0.368. The van der Waals surface area contributed by atoms with Crippen LogP contribution in [0.1, 0.15) is 42.9 Å². The molecule has 1 atom stereocenters. The number of carbonyl (C=O) groups is 3. The van der Waals surface area contributed by atoms with Crippen LogP contribution in [0.2, 0.25) is 10.0 Å². The maximum Gasteiger partial charge on any atom is 0.410 e. The highest BCUT2D eigenvalue weighted by Crippen LogP contribution is 2.35. The molecule has 164 valence electrons. The average molecular weight is 467 g/mol. The Morgan fingerprint density at radius 2 is 2.00 bits per heavy atom. The molecule has 2 N–H and O–H groups in total. The van der Waals surface area contributed by atoms with Gasteiger partial charge in [0.15, 0.2) is 0 Å². The average Bonchev–Trinajstić information content (AvgIpc) is 3.07. The van der Waals surface area contributed by atoms with Gasteiger partial charge in [0.2, 0.25) is 0 Å². The second-order valence-corrected chi connectivity index (χ2v) is 8.64. The third-order valence-electron chi connectivity index (χ3n) is 4.44. The van der Waals surface area contributed by atoms with E-state index in [-0.39, 0.29) is 29.4 Å². The Labute approximate surface area is 187 Å². The van der Waals surface area contributed by atoms with Gasteiger partial charge in [-0.3, -0.25) is 14.4 Å². The lowest BCUT2D eigenvalue weighted by Crippen LogP contribution is -2.44. The normalized spacial score (nSPS) is 16.3. The number of benzene rings is 1. The van der Waals surface area contributed by atoms with Crippen molar-refractivity contribution in [2.45, 2.75) is 39.0 Å². The van der Waals surface area contributed by atoms with Crippen molar-refractivity contribution in [3.05, 3.63) is 39.5 Å². The topological polar surface area (TPSA) is 132 Å². The number of carbonyl (C=O) groups excluding carboxylic acids is 3. The van der Waals surface area contributed by atoms with Crippen LogP contribution in [0, 0.1) is 0 Å². The lowest BCUT2D eigenvalue weighted by molar-refractivity contribution is -0.111. The van der Waals surface area contributed by atoms with Crippen molar-refractivity contribution in [3.63, 3.8) is 0 Å². The standard InChI is InChI=1S/C19H20Cl2N6O4/c1-19(2,3)31-18(30)26-7-11(9-28)27-14(8-26)15(17(29)23-25-22)16(24-27)10-4-5-12(20)13(21)6-10/h4-6,9,11H,7-8H2,1-3H3,(H2,22,23,29). The molecular formula is C19H20Cl2N6O4. The minimum Gasteiger partial charge on any atom is -0.444 e. The molecule has 2 aromatic rings. The van der Waals surface area contributed by atoms with E-state index < -0.39 is 23.6 Å². The van der Waals surface area contributed by atoms with Gasteiger partial charge in [0.25, 0.3) is 0 Å². The number of amides is 2.